The monoisotopic (exact) mass is 387 g/mol. The van der Waals surface area contributed by atoms with Crippen LogP contribution in [0.4, 0.5) is 5.69 Å². The molecule has 0 atom stereocenters. The van der Waals surface area contributed by atoms with E-state index >= 15 is 0 Å². The lowest BCUT2D eigenvalue weighted by Gasteiger charge is -2.32. The first kappa shape index (κ1) is 19.4. The Bertz CT molecular complexity index is 928. The van der Waals surface area contributed by atoms with Crippen LogP contribution in [0.1, 0.15) is 21.5 Å². The van der Waals surface area contributed by atoms with Gasteiger partial charge in [-0.2, -0.15) is 0 Å². The molecule has 0 bridgehead atoms. The maximum absolute atomic E-state index is 12.8. The number of likely N-dealkylation sites (N-methyl/N-ethyl adjacent to an activating group) is 1. The van der Waals surface area contributed by atoms with E-state index in [0.29, 0.717) is 24.3 Å². The van der Waals surface area contributed by atoms with Gasteiger partial charge in [-0.3, -0.25) is 9.52 Å². The van der Waals surface area contributed by atoms with Crippen LogP contribution in [0, 0.1) is 13.8 Å². The Morgan fingerprint density at radius 1 is 0.963 bits per heavy atom. The highest BCUT2D eigenvalue weighted by atomic mass is 32.2. The predicted molar refractivity (Wildman–Crippen MR) is 107 cm³/mol. The summed E-state index contributed by atoms with van der Waals surface area (Å²) in [7, 11) is -1.75. The summed E-state index contributed by atoms with van der Waals surface area (Å²) >= 11 is 0. The Morgan fingerprint density at radius 2 is 1.59 bits per heavy atom. The number of hydrogen-bond donors (Lipinski definition) is 1. The number of rotatable bonds is 4. The van der Waals surface area contributed by atoms with Crippen molar-refractivity contribution in [1.82, 2.24) is 9.80 Å². The Balaban J connectivity index is 1.82. The third kappa shape index (κ3) is 4.67. The number of aryl methyl sites for hydroxylation is 2. The van der Waals surface area contributed by atoms with Crippen LogP contribution in [0.15, 0.2) is 47.4 Å². The summed E-state index contributed by atoms with van der Waals surface area (Å²) in [6.45, 7) is 6.76. The van der Waals surface area contributed by atoms with Crippen molar-refractivity contribution >= 4 is 21.6 Å². The van der Waals surface area contributed by atoms with Crippen molar-refractivity contribution in [3.8, 4) is 0 Å². The number of piperazine rings is 1. The molecule has 144 valence electrons. The van der Waals surface area contributed by atoms with Crippen LogP contribution in [0.5, 0.6) is 0 Å². The third-order valence-corrected chi connectivity index (χ3v) is 6.03. The second-order valence-corrected chi connectivity index (χ2v) is 8.79. The molecule has 1 saturated heterocycles. The van der Waals surface area contributed by atoms with Gasteiger partial charge in [0.25, 0.3) is 15.9 Å². The van der Waals surface area contributed by atoms with E-state index in [9.17, 15) is 13.2 Å². The summed E-state index contributed by atoms with van der Waals surface area (Å²) in [6.07, 6.45) is 0. The van der Waals surface area contributed by atoms with Crippen molar-refractivity contribution in [1.29, 1.82) is 0 Å². The summed E-state index contributed by atoms with van der Waals surface area (Å²) in [4.78, 5) is 16.7. The van der Waals surface area contributed by atoms with Crippen molar-refractivity contribution in [2.45, 2.75) is 18.7 Å². The van der Waals surface area contributed by atoms with Crippen LogP contribution in [-0.2, 0) is 10.0 Å². The van der Waals surface area contributed by atoms with E-state index in [2.05, 4.69) is 9.62 Å². The number of carbonyl (C=O) groups is 1. The largest absolute Gasteiger partial charge is 0.336 e. The number of anilines is 1. The highest BCUT2D eigenvalue weighted by Gasteiger charge is 2.22. The SMILES string of the molecule is Cc1cc(C)cc(NS(=O)(=O)c2cccc(C(=O)N3CCN(C)CC3)c2)c1. The molecule has 1 aliphatic rings. The number of nitrogens with zero attached hydrogens (tertiary/aromatic N) is 2. The fourth-order valence-corrected chi connectivity index (χ4v) is 4.32. The van der Waals surface area contributed by atoms with E-state index in [0.717, 1.165) is 24.2 Å². The van der Waals surface area contributed by atoms with Gasteiger partial charge < -0.3 is 9.80 Å². The maximum Gasteiger partial charge on any atom is 0.261 e. The number of carbonyl (C=O) groups excluding carboxylic acids is 1. The van der Waals surface area contributed by atoms with Crippen LogP contribution in [0.25, 0.3) is 0 Å². The van der Waals surface area contributed by atoms with E-state index in [-0.39, 0.29) is 10.8 Å². The molecule has 1 aliphatic heterocycles. The summed E-state index contributed by atoms with van der Waals surface area (Å²) in [6, 6.07) is 11.8. The Hall–Kier alpha value is -2.38. The second-order valence-electron chi connectivity index (χ2n) is 7.11. The van der Waals surface area contributed by atoms with Crippen molar-refractivity contribution in [3.63, 3.8) is 0 Å². The molecular weight excluding hydrogens is 362 g/mol. The first-order chi connectivity index (χ1) is 12.7. The summed E-state index contributed by atoms with van der Waals surface area (Å²) in [5.41, 5.74) is 2.87. The van der Waals surface area contributed by atoms with E-state index in [1.807, 2.05) is 27.0 Å². The van der Waals surface area contributed by atoms with Gasteiger partial charge in [-0.15, -0.1) is 0 Å². The molecule has 1 amide bonds. The van der Waals surface area contributed by atoms with Gasteiger partial charge in [0.1, 0.15) is 0 Å². The van der Waals surface area contributed by atoms with Gasteiger partial charge in [0.15, 0.2) is 0 Å². The third-order valence-electron chi connectivity index (χ3n) is 4.66. The molecule has 6 nitrogen and oxygen atoms in total. The molecule has 0 aliphatic carbocycles. The number of nitrogens with one attached hydrogen (secondary N) is 1. The number of benzene rings is 2. The average molecular weight is 388 g/mol. The van der Waals surface area contributed by atoms with Crippen LogP contribution < -0.4 is 4.72 Å². The lowest BCUT2D eigenvalue weighted by Crippen LogP contribution is -2.47. The normalized spacial score (nSPS) is 15.6. The zero-order chi connectivity index (χ0) is 19.6. The Labute approximate surface area is 160 Å². The highest BCUT2D eigenvalue weighted by molar-refractivity contribution is 7.92. The molecule has 0 aromatic heterocycles. The van der Waals surface area contributed by atoms with Crippen LogP contribution in [0.3, 0.4) is 0 Å². The average Bonchev–Trinajstić information content (AvgIpc) is 2.60. The van der Waals surface area contributed by atoms with Crippen molar-refractivity contribution < 1.29 is 13.2 Å². The molecular formula is C20H25N3O3S. The van der Waals surface area contributed by atoms with Gasteiger partial charge in [-0.1, -0.05) is 12.1 Å². The highest BCUT2D eigenvalue weighted by Crippen LogP contribution is 2.20. The maximum atomic E-state index is 12.8. The minimum atomic E-state index is -3.77. The number of sulfonamides is 1. The predicted octanol–water partition coefficient (Wildman–Crippen LogP) is 2.49. The van der Waals surface area contributed by atoms with Gasteiger partial charge in [-0.25, -0.2) is 8.42 Å². The Kier molecular flexibility index (Phi) is 5.53. The Morgan fingerprint density at radius 3 is 2.22 bits per heavy atom. The van der Waals surface area contributed by atoms with Crippen molar-refractivity contribution in [3.05, 3.63) is 59.2 Å². The van der Waals surface area contributed by atoms with Gasteiger partial charge >= 0.3 is 0 Å². The number of hydrogen-bond acceptors (Lipinski definition) is 4. The smallest absolute Gasteiger partial charge is 0.261 e. The van der Waals surface area contributed by atoms with E-state index in [1.165, 1.54) is 12.1 Å². The molecule has 0 saturated carbocycles. The standard InChI is InChI=1S/C20H25N3O3S/c1-15-11-16(2)13-18(12-15)21-27(25,26)19-6-4-5-17(14-19)20(24)23-9-7-22(3)8-10-23/h4-6,11-14,21H,7-10H2,1-3H3. The van der Waals surface area contributed by atoms with Crippen LogP contribution in [0.2, 0.25) is 0 Å². The topological polar surface area (TPSA) is 69.7 Å². The quantitative estimate of drug-likeness (QED) is 0.875. The van der Waals surface area contributed by atoms with Crippen molar-refractivity contribution in [2.75, 3.05) is 37.9 Å². The summed E-state index contributed by atoms with van der Waals surface area (Å²) in [5, 5.41) is 0. The molecule has 0 radical (unpaired) electrons. The first-order valence-corrected chi connectivity index (χ1v) is 10.4. The van der Waals surface area contributed by atoms with E-state index < -0.39 is 10.0 Å². The molecule has 1 fully saturated rings. The minimum Gasteiger partial charge on any atom is -0.336 e. The van der Waals surface area contributed by atoms with Crippen LogP contribution in [-0.4, -0.2) is 57.4 Å². The molecule has 1 N–H and O–H groups in total. The molecule has 2 aromatic rings. The van der Waals surface area contributed by atoms with Crippen LogP contribution >= 0.6 is 0 Å². The van der Waals surface area contributed by atoms with Gasteiger partial charge in [0, 0.05) is 37.4 Å². The molecule has 2 aromatic carbocycles. The fourth-order valence-electron chi connectivity index (χ4n) is 3.24. The molecule has 27 heavy (non-hydrogen) atoms. The fraction of sp³-hybridized carbons (Fsp3) is 0.350. The zero-order valence-corrected chi connectivity index (χ0v) is 16.7. The zero-order valence-electron chi connectivity index (χ0n) is 15.9. The summed E-state index contributed by atoms with van der Waals surface area (Å²) < 4.78 is 28.2. The van der Waals surface area contributed by atoms with E-state index in [1.54, 1.807) is 29.2 Å². The molecule has 7 heteroatoms. The number of amides is 1. The van der Waals surface area contributed by atoms with Gasteiger partial charge in [0.05, 0.1) is 4.90 Å². The lowest BCUT2D eigenvalue weighted by molar-refractivity contribution is 0.0664. The van der Waals surface area contributed by atoms with Gasteiger partial charge in [-0.05, 0) is 62.4 Å². The molecule has 1 heterocycles. The van der Waals surface area contributed by atoms with Gasteiger partial charge in [0.2, 0.25) is 0 Å². The lowest BCUT2D eigenvalue weighted by atomic mass is 10.1. The first-order valence-electron chi connectivity index (χ1n) is 8.93. The van der Waals surface area contributed by atoms with E-state index in [4.69, 9.17) is 0 Å². The molecule has 0 unspecified atom stereocenters. The molecule has 3 rings (SSSR count). The molecule has 0 spiro atoms. The minimum absolute atomic E-state index is 0.0848. The van der Waals surface area contributed by atoms with Crippen molar-refractivity contribution in [2.24, 2.45) is 0 Å². The second kappa shape index (κ2) is 7.70. The summed E-state index contributed by atoms with van der Waals surface area (Å²) in [5.74, 6) is -0.133.